The highest BCUT2D eigenvalue weighted by Gasteiger charge is 2.30. The lowest BCUT2D eigenvalue weighted by Crippen LogP contribution is -2.47. The van der Waals surface area contributed by atoms with E-state index in [-0.39, 0.29) is 0 Å². The van der Waals surface area contributed by atoms with Crippen LogP contribution in [0.5, 0.6) is 5.75 Å². The molecule has 2 rings (SSSR count). The third kappa shape index (κ3) is 1.97. The Kier molecular flexibility index (Phi) is 2.77. The lowest BCUT2D eigenvalue weighted by Gasteiger charge is -2.15. The zero-order valence-electron chi connectivity index (χ0n) is 10.3. The van der Waals surface area contributed by atoms with E-state index in [9.17, 15) is 0 Å². The minimum Gasteiger partial charge on any atom is -0.497 e. The van der Waals surface area contributed by atoms with E-state index in [2.05, 4.69) is 4.99 Å². The van der Waals surface area contributed by atoms with Gasteiger partial charge in [0.2, 0.25) is 0 Å². The minimum atomic E-state index is -1.07. The molecular formula is C13H17N3O. The average molecular weight is 231 g/mol. The van der Waals surface area contributed by atoms with Crippen LogP contribution < -0.4 is 16.2 Å². The maximum absolute atomic E-state index is 5.90. The van der Waals surface area contributed by atoms with E-state index in [1.807, 2.05) is 38.1 Å². The molecule has 0 radical (unpaired) electrons. The van der Waals surface area contributed by atoms with Crippen molar-refractivity contribution in [1.29, 1.82) is 0 Å². The SMILES string of the molecule is COc1ccc(C2=NC(N)(N)C(C)=C2C)cc1. The van der Waals surface area contributed by atoms with Crippen LogP contribution in [0.3, 0.4) is 0 Å². The number of hydrogen-bond donors (Lipinski definition) is 2. The first-order valence-corrected chi connectivity index (χ1v) is 5.46. The number of benzene rings is 1. The van der Waals surface area contributed by atoms with Crippen LogP contribution in [0.4, 0.5) is 0 Å². The van der Waals surface area contributed by atoms with Gasteiger partial charge in [-0.2, -0.15) is 0 Å². The van der Waals surface area contributed by atoms with Crippen LogP contribution in [0.2, 0.25) is 0 Å². The quantitative estimate of drug-likeness (QED) is 0.756. The van der Waals surface area contributed by atoms with Gasteiger partial charge < -0.3 is 4.74 Å². The van der Waals surface area contributed by atoms with Gasteiger partial charge in [0.15, 0.2) is 5.79 Å². The number of nitrogens with zero attached hydrogens (tertiary/aromatic N) is 1. The Hall–Kier alpha value is -1.65. The molecule has 0 amide bonds. The number of aliphatic imine (C=N–C) groups is 1. The van der Waals surface area contributed by atoms with E-state index in [1.165, 1.54) is 0 Å². The van der Waals surface area contributed by atoms with Crippen LogP contribution in [-0.4, -0.2) is 18.6 Å². The van der Waals surface area contributed by atoms with Crippen molar-refractivity contribution in [2.75, 3.05) is 7.11 Å². The highest BCUT2D eigenvalue weighted by atomic mass is 16.5. The number of hydrogen-bond acceptors (Lipinski definition) is 4. The lowest BCUT2D eigenvalue weighted by atomic mass is 10.0. The predicted molar refractivity (Wildman–Crippen MR) is 69.0 cm³/mol. The summed E-state index contributed by atoms with van der Waals surface area (Å²) in [6.45, 7) is 3.90. The van der Waals surface area contributed by atoms with Crippen molar-refractivity contribution in [3.63, 3.8) is 0 Å². The van der Waals surface area contributed by atoms with E-state index in [0.717, 1.165) is 28.2 Å². The fraction of sp³-hybridized carbons (Fsp3) is 0.308. The number of nitrogens with two attached hydrogens (primary N) is 2. The second-order valence-corrected chi connectivity index (χ2v) is 4.26. The Morgan fingerprint density at radius 1 is 1.12 bits per heavy atom. The van der Waals surface area contributed by atoms with Crippen LogP contribution in [0.1, 0.15) is 19.4 Å². The van der Waals surface area contributed by atoms with Crippen molar-refractivity contribution in [3.8, 4) is 5.75 Å². The Bertz CT molecular complexity index is 498. The standard InChI is InChI=1S/C13H17N3O/c1-8-9(2)13(14,15)16-12(8)10-4-6-11(17-3)7-5-10/h4-7H,14-15H2,1-3H3. The molecule has 90 valence electrons. The molecule has 1 aliphatic heterocycles. The van der Waals surface area contributed by atoms with E-state index in [0.29, 0.717) is 0 Å². The Labute approximate surface area is 101 Å². The van der Waals surface area contributed by atoms with Gasteiger partial charge in [-0.05, 0) is 49.3 Å². The monoisotopic (exact) mass is 231 g/mol. The molecule has 0 bridgehead atoms. The van der Waals surface area contributed by atoms with Crippen molar-refractivity contribution in [2.24, 2.45) is 16.5 Å². The minimum absolute atomic E-state index is 0.817. The van der Waals surface area contributed by atoms with Gasteiger partial charge in [-0.3, -0.25) is 11.5 Å². The normalized spacial score (nSPS) is 18.3. The molecule has 0 saturated carbocycles. The van der Waals surface area contributed by atoms with Gasteiger partial charge in [-0.1, -0.05) is 0 Å². The largest absolute Gasteiger partial charge is 0.497 e. The van der Waals surface area contributed by atoms with Gasteiger partial charge in [0.25, 0.3) is 0 Å². The first kappa shape index (κ1) is 11.8. The van der Waals surface area contributed by atoms with Crippen molar-refractivity contribution in [3.05, 3.63) is 41.0 Å². The summed E-state index contributed by atoms with van der Waals surface area (Å²) >= 11 is 0. The van der Waals surface area contributed by atoms with Gasteiger partial charge >= 0.3 is 0 Å². The zero-order chi connectivity index (χ0) is 12.6. The Balaban J connectivity index is 2.42. The molecule has 0 saturated heterocycles. The van der Waals surface area contributed by atoms with Crippen molar-refractivity contribution in [1.82, 2.24) is 0 Å². The van der Waals surface area contributed by atoms with Gasteiger partial charge in [-0.15, -0.1) is 0 Å². The summed E-state index contributed by atoms with van der Waals surface area (Å²) < 4.78 is 5.12. The van der Waals surface area contributed by atoms with Crippen LogP contribution in [0, 0.1) is 0 Å². The van der Waals surface area contributed by atoms with Gasteiger partial charge in [0, 0.05) is 5.56 Å². The summed E-state index contributed by atoms with van der Waals surface area (Å²) in [7, 11) is 1.64. The molecule has 4 heteroatoms. The van der Waals surface area contributed by atoms with E-state index in [1.54, 1.807) is 7.11 Å². The highest BCUT2D eigenvalue weighted by Crippen LogP contribution is 2.27. The van der Waals surface area contributed by atoms with Gasteiger partial charge in [-0.25, -0.2) is 4.99 Å². The molecule has 1 aliphatic rings. The lowest BCUT2D eigenvalue weighted by molar-refractivity contribution is 0.415. The summed E-state index contributed by atoms with van der Waals surface area (Å²) in [6.07, 6.45) is 0. The van der Waals surface area contributed by atoms with Crippen LogP contribution >= 0.6 is 0 Å². The molecule has 0 fully saturated rings. The van der Waals surface area contributed by atoms with Crippen LogP contribution in [0.15, 0.2) is 40.4 Å². The number of allylic oxidation sites excluding steroid dienone is 1. The van der Waals surface area contributed by atoms with Gasteiger partial charge in [0.1, 0.15) is 5.75 Å². The van der Waals surface area contributed by atoms with E-state index in [4.69, 9.17) is 16.2 Å². The Morgan fingerprint density at radius 3 is 2.12 bits per heavy atom. The zero-order valence-corrected chi connectivity index (χ0v) is 10.3. The van der Waals surface area contributed by atoms with E-state index < -0.39 is 5.79 Å². The second-order valence-electron chi connectivity index (χ2n) is 4.26. The predicted octanol–water partition coefficient (Wildman–Crippen LogP) is 1.41. The van der Waals surface area contributed by atoms with Crippen LogP contribution in [-0.2, 0) is 0 Å². The molecule has 0 spiro atoms. The number of methoxy groups -OCH3 is 1. The molecule has 1 heterocycles. The van der Waals surface area contributed by atoms with Crippen LogP contribution in [0.25, 0.3) is 0 Å². The summed E-state index contributed by atoms with van der Waals surface area (Å²) in [5.74, 6) is -0.253. The molecule has 0 aromatic heterocycles. The summed E-state index contributed by atoms with van der Waals surface area (Å²) in [4.78, 5) is 4.37. The number of rotatable bonds is 2. The fourth-order valence-corrected chi connectivity index (χ4v) is 1.86. The van der Waals surface area contributed by atoms with Crippen molar-refractivity contribution >= 4 is 5.71 Å². The molecular weight excluding hydrogens is 214 g/mol. The Morgan fingerprint density at radius 2 is 1.71 bits per heavy atom. The molecule has 4 N–H and O–H groups in total. The van der Waals surface area contributed by atoms with E-state index >= 15 is 0 Å². The molecule has 1 aromatic rings. The maximum Gasteiger partial charge on any atom is 0.183 e. The average Bonchev–Trinajstić information content (AvgIpc) is 2.53. The van der Waals surface area contributed by atoms with Crippen molar-refractivity contribution in [2.45, 2.75) is 19.6 Å². The van der Waals surface area contributed by atoms with Gasteiger partial charge in [0.05, 0.1) is 12.8 Å². The van der Waals surface area contributed by atoms with Crippen molar-refractivity contribution < 1.29 is 4.74 Å². The highest BCUT2D eigenvalue weighted by molar-refractivity contribution is 6.14. The first-order valence-electron chi connectivity index (χ1n) is 5.46. The number of ether oxygens (including phenoxy) is 1. The maximum atomic E-state index is 5.90. The summed E-state index contributed by atoms with van der Waals surface area (Å²) in [5.41, 5.74) is 15.6. The smallest absolute Gasteiger partial charge is 0.183 e. The fourth-order valence-electron chi connectivity index (χ4n) is 1.86. The molecule has 0 aliphatic carbocycles. The summed E-state index contributed by atoms with van der Waals surface area (Å²) in [5, 5.41) is 0. The third-order valence-corrected chi connectivity index (χ3v) is 3.18. The molecule has 1 aromatic carbocycles. The molecule has 0 unspecified atom stereocenters. The second kappa shape index (κ2) is 3.98. The molecule has 4 nitrogen and oxygen atoms in total. The third-order valence-electron chi connectivity index (χ3n) is 3.18. The molecule has 0 atom stereocenters. The summed E-state index contributed by atoms with van der Waals surface area (Å²) in [6, 6.07) is 7.70. The first-order chi connectivity index (χ1) is 7.95. The topological polar surface area (TPSA) is 73.6 Å². The molecule has 17 heavy (non-hydrogen) atoms.